The van der Waals surface area contributed by atoms with Gasteiger partial charge in [0.2, 0.25) is 0 Å². The van der Waals surface area contributed by atoms with E-state index in [1.807, 2.05) is 24.3 Å². The molecule has 0 radical (unpaired) electrons. The molecule has 3 aromatic rings. The summed E-state index contributed by atoms with van der Waals surface area (Å²) < 4.78 is 56.8. The van der Waals surface area contributed by atoms with Crippen LogP contribution < -0.4 is 24.8 Å². The lowest BCUT2D eigenvalue weighted by atomic mass is 9.59. The molecule has 2 heterocycles. The minimum absolute atomic E-state index is 0.225. The Hall–Kier alpha value is -3.55. The molecule has 37 heavy (non-hydrogen) atoms. The van der Waals surface area contributed by atoms with E-state index in [2.05, 4.69) is 30.5 Å². The fraction of sp³-hybridized carbons (Fsp3) is 0.379. The van der Waals surface area contributed by atoms with Crippen LogP contribution in [0.3, 0.4) is 0 Å². The Labute approximate surface area is 214 Å². The molecule has 8 heteroatoms. The zero-order valence-corrected chi connectivity index (χ0v) is 21.5. The fourth-order valence-electron chi connectivity index (χ4n) is 6.09. The number of anilines is 2. The number of hydrogen-bond donors (Lipinski definition) is 2. The molecule has 0 aliphatic carbocycles. The first kappa shape index (κ1) is 25.1. The van der Waals surface area contributed by atoms with Crippen molar-refractivity contribution in [3.05, 3.63) is 76.9 Å². The summed E-state index contributed by atoms with van der Waals surface area (Å²) in [5.41, 5.74) is 3.20. The number of fused-ring (bicyclic) bond motifs is 4. The Kier molecular flexibility index (Phi) is 5.96. The van der Waals surface area contributed by atoms with E-state index in [1.165, 1.54) is 0 Å². The lowest BCUT2D eigenvalue weighted by Crippen LogP contribution is -2.49. The predicted octanol–water partition coefficient (Wildman–Crippen LogP) is 7.17. The van der Waals surface area contributed by atoms with Crippen LogP contribution >= 0.6 is 0 Å². The largest absolute Gasteiger partial charge is 0.497 e. The van der Waals surface area contributed by atoms with Gasteiger partial charge in [-0.15, -0.1) is 0 Å². The van der Waals surface area contributed by atoms with Gasteiger partial charge in [0.15, 0.2) is 0 Å². The van der Waals surface area contributed by atoms with Crippen LogP contribution in [0.15, 0.2) is 54.6 Å². The van der Waals surface area contributed by atoms with E-state index in [9.17, 15) is 13.2 Å². The molecule has 0 saturated carbocycles. The van der Waals surface area contributed by atoms with E-state index in [-0.39, 0.29) is 11.6 Å². The fourth-order valence-corrected chi connectivity index (χ4v) is 6.09. The van der Waals surface area contributed by atoms with Gasteiger partial charge in [0.25, 0.3) is 0 Å². The molecular formula is C29H31F3N2O3. The lowest BCUT2D eigenvalue weighted by molar-refractivity contribution is -0.137. The van der Waals surface area contributed by atoms with Crippen LogP contribution in [0.2, 0.25) is 0 Å². The number of methoxy groups -OCH3 is 3. The summed E-state index contributed by atoms with van der Waals surface area (Å²) in [6.45, 7) is 4.30. The Balaban J connectivity index is 1.74. The van der Waals surface area contributed by atoms with Crippen molar-refractivity contribution in [2.45, 2.75) is 49.9 Å². The third-order valence-corrected chi connectivity index (χ3v) is 7.49. The van der Waals surface area contributed by atoms with Crippen molar-refractivity contribution in [1.29, 1.82) is 0 Å². The van der Waals surface area contributed by atoms with Crippen molar-refractivity contribution in [2.24, 2.45) is 0 Å². The van der Waals surface area contributed by atoms with Crippen LogP contribution in [0.5, 0.6) is 17.2 Å². The first-order valence-electron chi connectivity index (χ1n) is 12.2. The summed E-state index contributed by atoms with van der Waals surface area (Å²) in [7, 11) is 4.90. The molecule has 2 atom stereocenters. The van der Waals surface area contributed by atoms with Gasteiger partial charge in [-0.2, -0.15) is 13.2 Å². The van der Waals surface area contributed by atoms with Gasteiger partial charge < -0.3 is 24.8 Å². The minimum Gasteiger partial charge on any atom is -0.497 e. The Morgan fingerprint density at radius 1 is 0.838 bits per heavy atom. The second kappa shape index (κ2) is 8.78. The third-order valence-electron chi connectivity index (χ3n) is 7.49. The summed E-state index contributed by atoms with van der Waals surface area (Å²) in [5, 5.41) is 7.25. The van der Waals surface area contributed by atoms with Gasteiger partial charge in [-0.25, -0.2) is 0 Å². The van der Waals surface area contributed by atoms with Gasteiger partial charge in [0.05, 0.1) is 32.9 Å². The summed E-state index contributed by atoms with van der Waals surface area (Å²) in [4.78, 5) is 0. The van der Waals surface area contributed by atoms with E-state index in [4.69, 9.17) is 14.2 Å². The van der Waals surface area contributed by atoms with Crippen LogP contribution in [-0.4, -0.2) is 26.9 Å². The van der Waals surface area contributed by atoms with Gasteiger partial charge in [-0.1, -0.05) is 12.1 Å². The van der Waals surface area contributed by atoms with Gasteiger partial charge >= 0.3 is 6.18 Å². The number of benzene rings is 3. The molecule has 196 valence electrons. The van der Waals surface area contributed by atoms with Crippen LogP contribution in [-0.2, 0) is 11.6 Å². The number of nitrogens with one attached hydrogen (secondary N) is 2. The number of rotatable bonds is 4. The van der Waals surface area contributed by atoms with Crippen molar-refractivity contribution < 1.29 is 27.4 Å². The van der Waals surface area contributed by atoms with Gasteiger partial charge in [-0.3, -0.25) is 0 Å². The summed E-state index contributed by atoms with van der Waals surface area (Å²) in [6.07, 6.45) is -3.04. The highest BCUT2D eigenvalue weighted by atomic mass is 19.4. The van der Waals surface area contributed by atoms with Gasteiger partial charge in [-0.05, 0) is 68.1 Å². The van der Waals surface area contributed by atoms with Crippen molar-refractivity contribution >= 4 is 11.4 Å². The van der Waals surface area contributed by atoms with E-state index in [1.54, 1.807) is 33.5 Å². The first-order valence-corrected chi connectivity index (χ1v) is 12.2. The van der Waals surface area contributed by atoms with E-state index in [0.29, 0.717) is 17.9 Å². The van der Waals surface area contributed by atoms with Crippen LogP contribution in [0.1, 0.15) is 55.0 Å². The highest BCUT2D eigenvalue weighted by Gasteiger charge is 2.51. The van der Waals surface area contributed by atoms with Crippen molar-refractivity contribution in [1.82, 2.24) is 0 Å². The third kappa shape index (κ3) is 4.32. The maximum atomic E-state index is 13.3. The van der Waals surface area contributed by atoms with Gasteiger partial charge in [0.1, 0.15) is 17.2 Å². The Bertz CT molecular complexity index is 1320. The number of ether oxygens (including phenoxy) is 3. The first-order chi connectivity index (χ1) is 17.5. The SMILES string of the molecule is COc1cc2c(c(OC)c1)[C@@]1(C[C@H](c3ccc(C(F)(F)F)cc3)Nc3ccc(OC)cc31)CC(C)(C)N2. The quantitative estimate of drug-likeness (QED) is 0.388. The molecule has 2 aliphatic heterocycles. The molecule has 5 nitrogen and oxygen atoms in total. The van der Waals surface area contributed by atoms with E-state index >= 15 is 0 Å². The standard InChI is InChI=1S/C29H31F3N2O3/c1-27(2)16-28(26-23(34-27)13-20(36-4)14-25(26)37-5)15-24(17-6-8-18(9-7-17)29(30,31)32)33-22-11-10-19(35-3)12-21(22)28/h6-14,24,33-34H,15-16H2,1-5H3/t24-,28+/m1/s1. The summed E-state index contributed by atoms with van der Waals surface area (Å²) in [5.74, 6) is 2.10. The maximum absolute atomic E-state index is 13.3. The Morgan fingerprint density at radius 3 is 2.16 bits per heavy atom. The lowest BCUT2D eigenvalue weighted by Gasteiger charge is -2.52. The smallest absolute Gasteiger partial charge is 0.416 e. The van der Waals surface area contributed by atoms with E-state index in [0.717, 1.165) is 52.4 Å². The van der Waals surface area contributed by atoms with Crippen molar-refractivity contribution in [3.8, 4) is 17.2 Å². The molecule has 5 rings (SSSR count). The van der Waals surface area contributed by atoms with E-state index < -0.39 is 17.2 Å². The number of hydrogen-bond acceptors (Lipinski definition) is 5. The minimum atomic E-state index is -4.38. The predicted molar refractivity (Wildman–Crippen MR) is 138 cm³/mol. The molecule has 0 aromatic heterocycles. The molecular weight excluding hydrogens is 481 g/mol. The molecule has 0 bridgehead atoms. The molecule has 2 aliphatic rings. The summed E-state index contributed by atoms with van der Waals surface area (Å²) in [6, 6.07) is 15.0. The number of alkyl halides is 3. The molecule has 1 spiro atoms. The monoisotopic (exact) mass is 512 g/mol. The van der Waals surface area contributed by atoms with Gasteiger partial charge in [0, 0.05) is 40.0 Å². The number of halogens is 3. The molecule has 3 aromatic carbocycles. The average molecular weight is 513 g/mol. The molecule has 0 saturated heterocycles. The average Bonchev–Trinajstić information content (AvgIpc) is 2.86. The second-order valence-corrected chi connectivity index (χ2v) is 10.5. The van der Waals surface area contributed by atoms with Crippen LogP contribution in [0.25, 0.3) is 0 Å². The van der Waals surface area contributed by atoms with Crippen molar-refractivity contribution in [3.63, 3.8) is 0 Å². The highest BCUT2D eigenvalue weighted by molar-refractivity contribution is 5.75. The maximum Gasteiger partial charge on any atom is 0.416 e. The zero-order valence-electron chi connectivity index (χ0n) is 21.5. The molecule has 0 amide bonds. The zero-order chi connectivity index (χ0) is 26.6. The molecule has 2 N–H and O–H groups in total. The van der Waals surface area contributed by atoms with Crippen LogP contribution in [0, 0.1) is 0 Å². The second-order valence-electron chi connectivity index (χ2n) is 10.5. The highest BCUT2D eigenvalue weighted by Crippen LogP contribution is 2.59. The van der Waals surface area contributed by atoms with Crippen molar-refractivity contribution in [2.75, 3.05) is 32.0 Å². The Morgan fingerprint density at radius 2 is 1.54 bits per heavy atom. The topological polar surface area (TPSA) is 51.8 Å². The molecule has 0 fully saturated rings. The summed E-state index contributed by atoms with van der Waals surface area (Å²) >= 11 is 0. The molecule has 0 unspecified atom stereocenters. The normalized spacial score (nSPS) is 21.8. The van der Waals surface area contributed by atoms with Crippen LogP contribution in [0.4, 0.5) is 24.5 Å².